The fourth-order valence-corrected chi connectivity index (χ4v) is 4.12. The Morgan fingerprint density at radius 2 is 1.86 bits per heavy atom. The van der Waals surface area contributed by atoms with Crippen molar-refractivity contribution in [2.24, 2.45) is 17.8 Å². The summed E-state index contributed by atoms with van der Waals surface area (Å²) in [6, 6.07) is 3.56. The minimum absolute atomic E-state index is 0.0570. The van der Waals surface area contributed by atoms with E-state index in [0.717, 1.165) is 29.3 Å². The molecule has 1 saturated carbocycles. The van der Waals surface area contributed by atoms with Crippen LogP contribution in [0.5, 0.6) is 0 Å². The minimum atomic E-state index is -0.150. The predicted molar refractivity (Wildman–Crippen MR) is 86.4 cm³/mol. The topological polar surface area (TPSA) is 37.4 Å². The average molecular weight is 371 g/mol. The molecule has 0 bridgehead atoms. The number of carbonyl (C=O) groups excluding carboxylic acids is 2. The first kappa shape index (κ1) is 15.0. The van der Waals surface area contributed by atoms with Gasteiger partial charge in [0.1, 0.15) is 0 Å². The van der Waals surface area contributed by atoms with Crippen LogP contribution in [0.25, 0.3) is 0 Å². The highest BCUT2D eigenvalue weighted by Crippen LogP contribution is 2.43. The number of amides is 2. The van der Waals surface area contributed by atoms with E-state index in [0.29, 0.717) is 16.6 Å². The van der Waals surface area contributed by atoms with Crippen LogP contribution in [0.4, 0.5) is 5.69 Å². The highest BCUT2D eigenvalue weighted by atomic mass is 79.9. The van der Waals surface area contributed by atoms with Crippen molar-refractivity contribution in [2.45, 2.75) is 33.1 Å². The van der Waals surface area contributed by atoms with Crippen LogP contribution in [-0.4, -0.2) is 11.8 Å². The van der Waals surface area contributed by atoms with Gasteiger partial charge in [0.2, 0.25) is 11.8 Å². The molecule has 1 aromatic carbocycles. The molecule has 2 amide bonds. The van der Waals surface area contributed by atoms with Gasteiger partial charge < -0.3 is 0 Å². The van der Waals surface area contributed by atoms with Crippen LogP contribution in [-0.2, 0) is 9.59 Å². The van der Waals surface area contributed by atoms with Crippen LogP contribution >= 0.6 is 27.5 Å². The molecular weight excluding hydrogens is 354 g/mol. The maximum Gasteiger partial charge on any atom is 0.237 e. The Morgan fingerprint density at radius 3 is 2.57 bits per heavy atom. The normalized spacial score (nSPS) is 29.0. The molecule has 21 heavy (non-hydrogen) atoms. The maximum atomic E-state index is 12.7. The van der Waals surface area contributed by atoms with Crippen molar-refractivity contribution in [2.75, 3.05) is 4.90 Å². The quantitative estimate of drug-likeness (QED) is 0.690. The number of rotatable bonds is 1. The fraction of sp³-hybridized carbons (Fsp3) is 0.500. The molecule has 1 aliphatic carbocycles. The van der Waals surface area contributed by atoms with Crippen molar-refractivity contribution < 1.29 is 9.59 Å². The summed E-state index contributed by atoms with van der Waals surface area (Å²) in [7, 11) is 0. The minimum Gasteiger partial charge on any atom is -0.274 e. The average Bonchev–Trinajstić information content (AvgIpc) is 2.66. The second kappa shape index (κ2) is 5.40. The summed E-state index contributed by atoms with van der Waals surface area (Å²) in [5, 5.41) is 0.513. The van der Waals surface area contributed by atoms with E-state index in [2.05, 4.69) is 22.9 Å². The fourth-order valence-electron chi connectivity index (χ4n) is 3.50. The van der Waals surface area contributed by atoms with E-state index in [4.69, 9.17) is 11.6 Å². The zero-order valence-corrected chi connectivity index (χ0v) is 14.4. The smallest absolute Gasteiger partial charge is 0.237 e. The van der Waals surface area contributed by atoms with E-state index in [9.17, 15) is 9.59 Å². The third kappa shape index (κ3) is 2.42. The van der Waals surface area contributed by atoms with Crippen LogP contribution in [0.2, 0.25) is 5.02 Å². The summed E-state index contributed by atoms with van der Waals surface area (Å²) >= 11 is 9.51. The molecule has 1 aliphatic heterocycles. The maximum absolute atomic E-state index is 12.7. The van der Waals surface area contributed by atoms with Crippen LogP contribution < -0.4 is 4.90 Å². The summed E-state index contributed by atoms with van der Waals surface area (Å²) in [4.78, 5) is 26.7. The molecule has 0 radical (unpaired) electrons. The van der Waals surface area contributed by atoms with Gasteiger partial charge in [-0.15, -0.1) is 0 Å². The number of anilines is 1. The van der Waals surface area contributed by atoms with Crippen molar-refractivity contribution >= 4 is 45.0 Å². The number of halogens is 2. The Balaban J connectivity index is 2.01. The largest absolute Gasteiger partial charge is 0.274 e. The number of nitrogens with zero attached hydrogens (tertiary/aromatic N) is 1. The number of imide groups is 1. The second-order valence-corrected chi connectivity index (χ2v) is 7.46. The molecule has 2 fully saturated rings. The number of benzene rings is 1. The third-order valence-corrected chi connectivity index (χ3v) is 5.86. The number of aryl methyl sites for hydroxylation is 1. The van der Waals surface area contributed by atoms with Crippen LogP contribution in [0, 0.1) is 24.7 Å². The Morgan fingerprint density at radius 1 is 1.19 bits per heavy atom. The lowest BCUT2D eigenvalue weighted by Crippen LogP contribution is -2.31. The van der Waals surface area contributed by atoms with E-state index in [1.165, 1.54) is 4.90 Å². The molecule has 3 atom stereocenters. The zero-order valence-electron chi connectivity index (χ0n) is 12.0. The Bertz CT molecular complexity index is 631. The molecular formula is C16H17BrClNO2. The third-order valence-electron chi connectivity index (χ3n) is 4.67. The van der Waals surface area contributed by atoms with Gasteiger partial charge in [0.05, 0.1) is 22.5 Å². The second-order valence-electron chi connectivity index (χ2n) is 6.20. The molecule has 1 saturated heterocycles. The van der Waals surface area contributed by atoms with Crippen LogP contribution in [0.3, 0.4) is 0 Å². The first-order chi connectivity index (χ1) is 9.90. The molecule has 1 aromatic rings. The SMILES string of the molecule is Cc1cc(Br)c(Cl)cc1N1C(=O)[C@H]2CC[C@@H](C)C[C@H]2C1=O. The van der Waals surface area contributed by atoms with Crippen molar-refractivity contribution in [1.82, 2.24) is 0 Å². The van der Waals surface area contributed by atoms with Crippen molar-refractivity contribution in [1.29, 1.82) is 0 Å². The zero-order chi connectivity index (χ0) is 15.3. The van der Waals surface area contributed by atoms with Gasteiger partial charge in [0.15, 0.2) is 0 Å². The molecule has 0 aromatic heterocycles. The lowest BCUT2D eigenvalue weighted by molar-refractivity contribution is -0.122. The molecule has 0 N–H and O–H groups in total. The molecule has 3 rings (SSSR count). The molecule has 0 spiro atoms. The monoisotopic (exact) mass is 369 g/mol. The summed E-state index contributed by atoms with van der Waals surface area (Å²) < 4.78 is 0.774. The van der Waals surface area contributed by atoms with E-state index in [1.807, 2.05) is 13.0 Å². The lowest BCUT2D eigenvalue weighted by Gasteiger charge is -2.25. The van der Waals surface area contributed by atoms with Crippen LogP contribution in [0.1, 0.15) is 31.7 Å². The lowest BCUT2D eigenvalue weighted by atomic mass is 9.76. The molecule has 112 valence electrons. The van der Waals surface area contributed by atoms with Gasteiger partial charge in [-0.2, -0.15) is 0 Å². The van der Waals surface area contributed by atoms with Gasteiger partial charge in [0.25, 0.3) is 0 Å². The Hall–Kier alpha value is -0.870. The van der Waals surface area contributed by atoms with Gasteiger partial charge in [-0.25, -0.2) is 4.90 Å². The van der Waals surface area contributed by atoms with E-state index in [1.54, 1.807) is 6.07 Å². The van der Waals surface area contributed by atoms with Gasteiger partial charge in [-0.3, -0.25) is 9.59 Å². The first-order valence-electron chi connectivity index (χ1n) is 7.23. The van der Waals surface area contributed by atoms with Gasteiger partial charge in [-0.1, -0.05) is 18.5 Å². The molecule has 2 aliphatic rings. The predicted octanol–water partition coefficient (Wildman–Crippen LogP) is 4.34. The number of hydrogen-bond acceptors (Lipinski definition) is 2. The summed E-state index contributed by atoms with van der Waals surface area (Å²) in [5.74, 6) is 0.104. The number of hydrogen-bond donors (Lipinski definition) is 0. The Kier molecular flexibility index (Phi) is 3.87. The molecule has 5 heteroatoms. The summed E-state index contributed by atoms with van der Waals surface area (Å²) in [5.41, 5.74) is 1.50. The highest BCUT2D eigenvalue weighted by molar-refractivity contribution is 9.10. The number of carbonyl (C=O) groups is 2. The molecule has 0 unspecified atom stereocenters. The van der Waals surface area contributed by atoms with E-state index in [-0.39, 0.29) is 23.7 Å². The standard InChI is InChI=1S/C16H17BrClNO2/c1-8-3-4-10-11(5-8)16(21)19(15(10)20)14-7-13(18)12(17)6-9(14)2/h6-8,10-11H,3-5H2,1-2H3/t8-,10+,11-/m1/s1. The Labute approximate surface area is 137 Å². The summed E-state index contributed by atoms with van der Waals surface area (Å²) in [6.45, 7) is 4.04. The molecule has 3 nitrogen and oxygen atoms in total. The summed E-state index contributed by atoms with van der Waals surface area (Å²) in [6.07, 6.45) is 2.65. The van der Waals surface area contributed by atoms with Gasteiger partial charge >= 0.3 is 0 Å². The van der Waals surface area contributed by atoms with Gasteiger partial charge in [-0.05, 0) is 65.7 Å². The van der Waals surface area contributed by atoms with Crippen molar-refractivity contribution in [3.63, 3.8) is 0 Å². The number of fused-ring (bicyclic) bond motifs is 1. The van der Waals surface area contributed by atoms with Gasteiger partial charge in [0, 0.05) is 4.47 Å². The molecule has 1 heterocycles. The first-order valence-corrected chi connectivity index (χ1v) is 8.40. The van der Waals surface area contributed by atoms with Crippen molar-refractivity contribution in [3.05, 3.63) is 27.2 Å². The van der Waals surface area contributed by atoms with Crippen molar-refractivity contribution in [3.8, 4) is 0 Å². The van der Waals surface area contributed by atoms with Crippen LogP contribution in [0.15, 0.2) is 16.6 Å². The van der Waals surface area contributed by atoms with E-state index >= 15 is 0 Å². The van der Waals surface area contributed by atoms with E-state index < -0.39 is 0 Å². The highest BCUT2D eigenvalue weighted by Gasteiger charge is 2.50.